The number of fused-ring (bicyclic) bond motifs is 2. The third-order valence-electron chi connectivity index (χ3n) is 5.99. The number of piperidine rings is 1. The summed E-state index contributed by atoms with van der Waals surface area (Å²) in [5, 5.41) is 11.1. The van der Waals surface area contributed by atoms with Crippen LogP contribution in [0.5, 0.6) is 0 Å². The maximum Gasteiger partial charge on any atom is 0.419 e. The van der Waals surface area contributed by atoms with E-state index in [0.29, 0.717) is 18.9 Å². The second-order valence-corrected chi connectivity index (χ2v) is 7.96. The molecule has 2 unspecified atom stereocenters. The Bertz CT molecular complexity index is 918. The molecule has 0 saturated carbocycles. The zero-order valence-corrected chi connectivity index (χ0v) is 16.0. The highest BCUT2D eigenvalue weighted by Crippen LogP contribution is 2.46. The number of ether oxygens (including phenoxy) is 1. The van der Waals surface area contributed by atoms with Crippen LogP contribution < -0.4 is 0 Å². The third-order valence-corrected chi connectivity index (χ3v) is 5.99. The van der Waals surface area contributed by atoms with E-state index in [4.69, 9.17) is 4.74 Å². The van der Waals surface area contributed by atoms with Gasteiger partial charge >= 0.3 is 12.3 Å². The number of alkyl halides is 3. The van der Waals surface area contributed by atoms with Crippen molar-refractivity contribution in [1.29, 1.82) is 0 Å². The first kappa shape index (κ1) is 20.7. The van der Waals surface area contributed by atoms with Gasteiger partial charge in [-0.3, -0.25) is 0 Å². The van der Waals surface area contributed by atoms with Crippen LogP contribution in [0, 0.1) is 5.82 Å². The Hall–Kier alpha value is -2.61. The number of carbonyl (C=O) groups is 1. The van der Waals surface area contributed by atoms with Crippen LogP contribution in [0.2, 0.25) is 0 Å². The third kappa shape index (κ3) is 3.88. The van der Waals surface area contributed by atoms with Crippen LogP contribution in [0.4, 0.5) is 22.4 Å². The number of benzene rings is 2. The van der Waals surface area contributed by atoms with Crippen LogP contribution in [-0.4, -0.2) is 28.2 Å². The van der Waals surface area contributed by atoms with E-state index in [1.54, 1.807) is 4.90 Å². The first-order valence-electron chi connectivity index (χ1n) is 9.76. The highest BCUT2D eigenvalue weighted by atomic mass is 19.4. The second kappa shape index (κ2) is 7.58. The van der Waals surface area contributed by atoms with Crippen LogP contribution in [0.25, 0.3) is 0 Å². The lowest BCUT2D eigenvalue weighted by atomic mass is 9.80. The summed E-state index contributed by atoms with van der Waals surface area (Å²) >= 11 is 0. The molecular formula is C22H21F4NO3. The first-order chi connectivity index (χ1) is 14.2. The minimum atomic E-state index is -4.80. The number of nitrogens with zero attached hydrogens (tertiary/aromatic N) is 1. The molecule has 2 fully saturated rings. The van der Waals surface area contributed by atoms with E-state index in [-0.39, 0.29) is 37.1 Å². The molecule has 2 aromatic rings. The largest absolute Gasteiger partial charge is 0.445 e. The number of hydrogen-bond acceptors (Lipinski definition) is 3. The topological polar surface area (TPSA) is 49.8 Å². The van der Waals surface area contributed by atoms with Gasteiger partial charge in [-0.05, 0) is 36.1 Å². The molecule has 0 aromatic heterocycles. The van der Waals surface area contributed by atoms with Crippen LogP contribution in [0.1, 0.15) is 42.4 Å². The summed E-state index contributed by atoms with van der Waals surface area (Å²) in [5.74, 6) is -1.41. The molecule has 0 spiro atoms. The molecule has 1 N–H and O–H groups in total. The molecule has 2 heterocycles. The van der Waals surface area contributed by atoms with E-state index in [0.717, 1.165) is 17.7 Å². The molecule has 0 radical (unpaired) electrons. The Labute approximate surface area is 171 Å². The fraction of sp³-hybridized carbons (Fsp3) is 0.409. The summed E-state index contributed by atoms with van der Waals surface area (Å²) in [5.41, 5.74) is -1.90. The van der Waals surface area contributed by atoms with Gasteiger partial charge in [0, 0.05) is 24.9 Å². The molecule has 0 aliphatic carbocycles. The van der Waals surface area contributed by atoms with Gasteiger partial charge in [-0.15, -0.1) is 0 Å². The maximum atomic E-state index is 14.0. The molecule has 2 aliphatic heterocycles. The monoisotopic (exact) mass is 423 g/mol. The van der Waals surface area contributed by atoms with Gasteiger partial charge in [0.15, 0.2) is 0 Å². The molecule has 4 rings (SSSR count). The minimum absolute atomic E-state index is 0.0993. The number of hydrogen-bond donors (Lipinski definition) is 1. The van der Waals surface area contributed by atoms with E-state index in [1.807, 2.05) is 30.3 Å². The molecule has 2 aromatic carbocycles. The predicted octanol–water partition coefficient (Wildman–Crippen LogP) is 5.00. The Morgan fingerprint density at radius 3 is 2.30 bits per heavy atom. The molecule has 2 atom stereocenters. The average Bonchev–Trinajstić information content (AvgIpc) is 2.98. The number of aliphatic hydroxyl groups is 1. The van der Waals surface area contributed by atoms with E-state index in [1.165, 1.54) is 0 Å². The molecule has 8 heteroatoms. The summed E-state index contributed by atoms with van der Waals surface area (Å²) in [4.78, 5) is 14.2. The van der Waals surface area contributed by atoms with Crippen molar-refractivity contribution in [1.82, 2.24) is 4.90 Å². The fourth-order valence-corrected chi connectivity index (χ4v) is 4.59. The number of carbonyl (C=O) groups excluding carboxylic acids is 1. The smallest absolute Gasteiger partial charge is 0.419 e. The Morgan fingerprint density at radius 2 is 1.73 bits per heavy atom. The van der Waals surface area contributed by atoms with Crippen molar-refractivity contribution < 1.29 is 32.2 Å². The Balaban J connectivity index is 1.48. The van der Waals surface area contributed by atoms with Gasteiger partial charge in [-0.2, -0.15) is 13.2 Å². The molecule has 30 heavy (non-hydrogen) atoms. The van der Waals surface area contributed by atoms with Gasteiger partial charge in [0.2, 0.25) is 0 Å². The van der Waals surface area contributed by atoms with Gasteiger partial charge < -0.3 is 14.7 Å². The van der Waals surface area contributed by atoms with Gasteiger partial charge in [-0.1, -0.05) is 36.4 Å². The number of halogens is 4. The van der Waals surface area contributed by atoms with Crippen LogP contribution in [0.3, 0.4) is 0 Å². The normalized spacial score (nSPS) is 26.0. The molecule has 2 saturated heterocycles. The van der Waals surface area contributed by atoms with E-state index < -0.39 is 29.3 Å². The maximum absolute atomic E-state index is 14.0. The van der Waals surface area contributed by atoms with Gasteiger partial charge in [0.1, 0.15) is 12.4 Å². The summed E-state index contributed by atoms with van der Waals surface area (Å²) in [6.45, 7) is 0.129. The van der Waals surface area contributed by atoms with Crippen molar-refractivity contribution in [3.8, 4) is 0 Å². The quantitative estimate of drug-likeness (QED) is 0.708. The lowest BCUT2D eigenvalue weighted by Crippen LogP contribution is -2.52. The summed E-state index contributed by atoms with van der Waals surface area (Å²) < 4.78 is 57.9. The van der Waals surface area contributed by atoms with Crippen molar-refractivity contribution in [3.63, 3.8) is 0 Å². The van der Waals surface area contributed by atoms with Crippen LogP contribution in [0.15, 0.2) is 48.5 Å². The summed E-state index contributed by atoms with van der Waals surface area (Å²) in [6, 6.07) is 11.1. The van der Waals surface area contributed by atoms with E-state index in [2.05, 4.69) is 0 Å². The molecule has 160 valence electrons. The highest BCUT2D eigenvalue weighted by Gasteiger charge is 2.51. The van der Waals surface area contributed by atoms with Crippen molar-refractivity contribution in [2.75, 3.05) is 0 Å². The first-order valence-corrected chi connectivity index (χ1v) is 9.76. The van der Waals surface area contributed by atoms with E-state index in [9.17, 15) is 27.5 Å². The summed E-state index contributed by atoms with van der Waals surface area (Å²) in [6.07, 6.45) is -3.74. The standard InChI is InChI=1S/C22H21F4NO3/c23-19-10-15(6-9-18(19)22(24,25)26)21(29)11-16-7-8-17(12-21)27(16)20(28)30-13-14-4-2-1-3-5-14/h1-6,9-10,16-17,29H,7-8,11-13H2. The van der Waals surface area contributed by atoms with Crippen molar-refractivity contribution in [3.05, 3.63) is 71.0 Å². The molecule has 1 amide bonds. The number of rotatable bonds is 3. The average molecular weight is 423 g/mol. The van der Waals surface area contributed by atoms with Gasteiger partial charge in [0.25, 0.3) is 0 Å². The zero-order chi connectivity index (χ0) is 21.5. The van der Waals surface area contributed by atoms with Gasteiger partial charge in [0.05, 0.1) is 11.2 Å². The molecule has 4 nitrogen and oxygen atoms in total. The zero-order valence-electron chi connectivity index (χ0n) is 16.0. The Kier molecular flexibility index (Phi) is 5.22. The van der Waals surface area contributed by atoms with E-state index >= 15 is 0 Å². The lowest BCUT2D eigenvalue weighted by molar-refractivity contribution is -0.140. The highest BCUT2D eigenvalue weighted by molar-refractivity contribution is 5.69. The van der Waals surface area contributed by atoms with Crippen LogP contribution >= 0.6 is 0 Å². The lowest BCUT2D eigenvalue weighted by Gasteiger charge is -2.43. The summed E-state index contributed by atoms with van der Waals surface area (Å²) in [7, 11) is 0. The molecule has 2 aliphatic rings. The SMILES string of the molecule is O=C(OCc1ccccc1)N1C2CCC1CC(O)(c1ccc(C(F)(F)F)c(F)c1)C2. The second-order valence-electron chi connectivity index (χ2n) is 7.96. The predicted molar refractivity (Wildman–Crippen MR) is 99.8 cm³/mol. The molecular weight excluding hydrogens is 402 g/mol. The van der Waals surface area contributed by atoms with Gasteiger partial charge in [-0.25, -0.2) is 9.18 Å². The van der Waals surface area contributed by atoms with Crippen molar-refractivity contribution in [2.24, 2.45) is 0 Å². The fourth-order valence-electron chi connectivity index (χ4n) is 4.59. The van der Waals surface area contributed by atoms with Crippen molar-refractivity contribution in [2.45, 2.75) is 56.2 Å². The van der Waals surface area contributed by atoms with Crippen molar-refractivity contribution >= 4 is 6.09 Å². The minimum Gasteiger partial charge on any atom is -0.445 e. The van der Waals surface area contributed by atoms with Crippen LogP contribution in [-0.2, 0) is 23.1 Å². The Morgan fingerprint density at radius 1 is 1.10 bits per heavy atom. The number of amides is 1. The molecule has 2 bridgehead atoms.